The summed E-state index contributed by atoms with van der Waals surface area (Å²) in [6, 6.07) is 0. The molecule has 0 aromatic carbocycles. The Morgan fingerprint density at radius 3 is 2.55 bits per heavy atom. The highest BCUT2D eigenvalue weighted by Gasteiger charge is 2.35. The van der Waals surface area contributed by atoms with Crippen molar-refractivity contribution in [3.8, 4) is 0 Å². The summed E-state index contributed by atoms with van der Waals surface area (Å²) >= 11 is 0. The van der Waals surface area contributed by atoms with E-state index >= 15 is 0 Å². The van der Waals surface area contributed by atoms with Gasteiger partial charge >= 0.3 is 0 Å². The number of allylic oxidation sites excluding steroid dienone is 1. The molecule has 1 aliphatic carbocycles. The standard InChI is InChI=1S/C9H15NO/c1-2-5-8(11)9(10)6-3-4-7-9/h2H,1,3-7,10H2. The van der Waals surface area contributed by atoms with Crippen LogP contribution in [0.4, 0.5) is 0 Å². The minimum Gasteiger partial charge on any atom is -0.319 e. The van der Waals surface area contributed by atoms with E-state index in [2.05, 4.69) is 6.58 Å². The summed E-state index contributed by atoms with van der Waals surface area (Å²) in [5.41, 5.74) is 5.39. The Morgan fingerprint density at radius 2 is 2.09 bits per heavy atom. The number of carbonyl (C=O) groups is 1. The van der Waals surface area contributed by atoms with Crippen molar-refractivity contribution >= 4 is 5.78 Å². The number of Topliss-reactive ketones (excluding diaryl/α,β-unsaturated/α-hetero) is 1. The first-order chi connectivity index (χ1) is 5.19. The Hall–Kier alpha value is -0.630. The van der Waals surface area contributed by atoms with Gasteiger partial charge < -0.3 is 5.73 Å². The van der Waals surface area contributed by atoms with E-state index in [1.54, 1.807) is 6.08 Å². The fourth-order valence-corrected chi connectivity index (χ4v) is 1.62. The highest BCUT2D eigenvalue weighted by Crippen LogP contribution is 2.28. The summed E-state index contributed by atoms with van der Waals surface area (Å²) in [6.07, 6.45) is 5.98. The third kappa shape index (κ3) is 1.69. The maximum absolute atomic E-state index is 11.4. The molecule has 62 valence electrons. The lowest BCUT2D eigenvalue weighted by Crippen LogP contribution is -2.44. The number of ketones is 1. The van der Waals surface area contributed by atoms with Gasteiger partial charge in [0.2, 0.25) is 0 Å². The maximum Gasteiger partial charge on any atom is 0.156 e. The zero-order valence-electron chi connectivity index (χ0n) is 6.81. The molecule has 1 fully saturated rings. The first-order valence-corrected chi connectivity index (χ1v) is 4.12. The fraction of sp³-hybridized carbons (Fsp3) is 0.667. The van der Waals surface area contributed by atoms with Crippen LogP contribution in [0.2, 0.25) is 0 Å². The summed E-state index contributed by atoms with van der Waals surface area (Å²) in [7, 11) is 0. The number of carbonyl (C=O) groups excluding carboxylic acids is 1. The third-order valence-electron chi connectivity index (χ3n) is 2.38. The molecule has 0 amide bonds. The molecular formula is C9H15NO. The first-order valence-electron chi connectivity index (χ1n) is 4.12. The predicted molar refractivity (Wildman–Crippen MR) is 45.2 cm³/mol. The minimum absolute atomic E-state index is 0.157. The van der Waals surface area contributed by atoms with Gasteiger partial charge in [0.05, 0.1) is 5.54 Å². The SMILES string of the molecule is C=CCC(=O)C1(N)CCCC1. The molecule has 0 heterocycles. The van der Waals surface area contributed by atoms with Crippen LogP contribution in [-0.2, 0) is 4.79 Å². The van der Waals surface area contributed by atoms with Gasteiger partial charge in [0, 0.05) is 6.42 Å². The lowest BCUT2D eigenvalue weighted by Gasteiger charge is -2.20. The second-order valence-electron chi connectivity index (χ2n) is 3.28. The molecule has 0 aromatic rings. The van der Waals surface area contributed by atoms with Crippen molar-refractivity contribution in [3.05, 3.63) is 12.7 Å². The molecule has 0 saturated heterocycles. The molecule has 1 saturated carbocycles. The van der Waals surface area contributed by atoms with Crippen LogP contribution in [0.25, 0.3) is 0 Å². The Balaban J connectivity index is 2.55. The van der Waals surface area contributed by atoms with E-state index in [1.165, 1.54) is 0 Å². The van der Waals surface area contributed by atoms with Crippen molar-refractivity contribution in [1.82, 2.24) is 0 Å². The Labute approximate surface area is 67.5 Å². The molecule has 2 nitrogen and oxygen atoms in total. The molecule has 0 aromatic heterocycles. The smallest absolute Gasteiger partial charge is 0.156 e. The van der Waals surface area contributed by atoms with Gasteiger partial charge in [-0.3, -0.25) is 4.79 Å². The highest BCUT2D eigenvalue weighted by atomic mass is 16.1. The van der Waals surface area contributed by atoms with E-state index in [1.807, 2.05) is 0 Å². The van der Waals surface area contributed by atoms with E-state index in [-0.39, 0.29) is 5.78 Å². The van der Waals surface area contributed by atoms with Crippen LogP contribution in [0.3, 0.4) is 0 Å². The molecule has 0 aliphatic heterocycles. The summed E-state index contributed by atoms with van der Waals surface area (Å²) in [5.74, 6) is 0.157. The second kappa shape index (κ2) is 3.18. The summed E-state index contributed by atoms with van der Waals surface area (Å²) < 4.78 is 0. The van der Waals surface area contributed by atoms with E-state index in [0.717, 1.165) is 25.7 Å². The molecule has 0 radical (unpaired) electrons. The van der Waals surface area contributed by atoms with E-state index in [0.29, 0.717) is 6.42 Å². The van der Waals surface area contributed by atoms with Crippen LogP contribution in [0.15, 0.2) is 12.7 Å². The van der Waals surface area contributed by atoms with Gasteiger partial charge in [0.25, 0.3) is 0 Å². The molecule has 0 spiro atoms. The van der Waals surface area contributed by atoms with Gasteiger partial charge in [-0.1, -0.05) is 18.9 Å². The zero-order chi connectivity index (χ0) is 8.32. The number of hydrogen-bond acceptors (Lipinski definition) is 2. The molecule has 2 N–H and O–H groups in total. The molecule has 0 bridgehead atoms. The monoisotopic (exact) mass is 153 g/mol. The van der Waals surface area contributed by atoms with Crippen LogP contribution >= 0.6 is 0 Å². The second-order valence-corrected chi connectivity index (χ2v) is 3.28. The van der Waals surface area contributed by atoms with Gasteiger partial charge in [-0.25, -0.2) is 0 Å². The van der Waals surface area contributed by atoms with E-state index in [4.69, 9.17) is 5.73 Å². The van der Waals surface area contributed by atoms with Crippen molar-refractivity contribution in [3.63, 3.8) is 0 Å². The fourth-order valence-electron chi connectivity index (χ4n) is 1.62. The maximum atomic E-state index is 11.4. The lowest BCUT2D eigenvalue weighted by molar-refractivity contribution is -0.123. The van der Waals surface area contributed by atoms with E-state index < -0.39 is 5.54 Å². The van der Waals surface area contributed by atoms with Crippen molar-refractivity contribution in [2.75, 3.05) is 0 Å². The van der Waals surface area contributed by atoms with Gasteiger partial charge in [-0.05, 0) is 12.8 Å². The minimum atomic E-state index is -0.506. The van der Waals surface area contributed by atoms with Crippen molar-refractivity contribution in [2.45, 2.75) is 37.6 Å². The molecule has 1 aliphatic rings. The quantitative estimate of drug-likeness (QED) is 0.623. The Morgan fingerprint density at radius 1 is 1.55 bits per heavy atom. The van der Waals surface area contributed by atoms with Gasteiger partial charge in [0.1, 0.15) is 0 Å². The normalized spacial score (nSPS) is 21.5. The summed E-state index contributed by atoms with van der Waals surface area (Å²) in [4.78, 5) is 11.4. The van der Waals surface area contributed by atoms with Crippen LogP contribution in [-0.4, -0.2) is 11.3 Å². The van der Waals surface area contributed by atoms with Crippen molar-refractivity contribution < 1.29 is 4.79 Å². The third-order valence-corrected chi connectivity index (χ3v) is 2.38. The zero-order valence-corrected chi connectivity index (χ0v) is 6.81. The first kappa shape index (κ1) is 8.47. The van der Waals surface area contributed by atoms with Crippen molar-refractivity contribution in [1.29, 1.82) is 0 Å². The summed E-state index contributed by atoms with van der Waals surface area (Å²) in [5, 5.41) is 0. The van der Waals surface area contributed by atoms with Gasteiger partial charge in [-0.2, -0.15) is 0 Å². The lowest BCUT2D eigenvalue weighted by atomic mass is 9.91. The van der Waals surface area contributed by atoms with Crippen LogP contribution < -0.4 is 5.73 Å². The molecule has 0 unspecified atom stereocenters. The van der Waals surface area contributed by atoms with Crippen LogP contribution in [0.5, 0.6) is 0 Å². The Bertz CT molecular complexity index is 168. The molecule has 2 heteroatoms. The number of hydrogen-bond donors (Lipinski definition) is 1. The Kier molecular flexibility index (Phi) is 2.45. The topological polar surface area (TPSA) is 43.1 Å². The molecule has 1 rings (SSSR count). The van der Waals surface area contributed by atoms with E-state index in [9.17, 15) is 4.79 Å². The number of nitrogens with two attached hydrogens (primary N) is 1. The average Bonchev–Trinajstić information content (AvgIpc) is 2.38. The molecule has 11 heavy (non-hydrogen) atoms. The average molecular weight is 153 g/mol. The predicted octanol–water partition coefficient (Wildman–Crippen LogP) is 1.40. The van der Waals surface area contributed by atoms with Crippen LogP contribution in [0.1, 0.15) is 32.1 Å². The molecule has 0 atom stereocenters. The van der Waals surface area contributed by atoms with Crippen LogP contribution in [0, 0.1) is 0 Å². The molecular weight excluding hydrogens is 138 g/mol. The number of rotatable bonds is 3. The summed E-state index contributed by atoms with van der Waals surface area (Å²) in [6.45, 7) is 3.53. The highest BCUT2D eigenvalue weighted by molar-refractivity contribution is 5.89. The van der Waals surface area contributed by atoms with Gasteiger partial charge in [0.15, 0.2) is 5.78 Å². The largest absolute Gasteiger partial charge is 0.319 e. The van der Waals surface area contributed by atoms with Crippen molar-refractivity contribution in [2.24, 2.45) is 5.73 Å². The van der Waals surface area contributed by atoms with Gasteiger partial charge in [-0.15, -0.1) is 6.58 Å².